The highest BCUT2D eigenvalue weighted by atomic mass is 32.2. The second-order valence-electron chi connectivity index (χ2n) is 5.76. The van der Waals surface area contributed by atoms with Gasteiger partial charge in [0.25, 0.3) is 0 Å². The van der Waals surface area contributed by atoms with Crippen LogP contribution in [0, 0.1) is 6.92 Å². The van der Waals surface area contributed by atoms with Crippen LogP contribution in [0.25, 0.3) is 0 Å². The maximum Gasteiger partial charge on any atom is 0.307 e. The van der Waals surface area contributed by atoms with Crippen molar-refractivity contribution in [3.63, 3.8) is 0 Å². The van der Waals surface area contributed by atoms with Crippen LogP contribution in [0.5, 0.6) is 0 Å². The molecule has 3 rings (SSSR count). The number of fused-ring (bicyclic) bond motifs is 1. The van der Waals surface area contributed by atoms with E-state index in [1.54, 1.807) is 36.4 Å². The van der Waals surface area contributed by atoms with Crippen LogP contribution < -0.4 is 0 Å². The number of aliphatic carboxylic acids is 1. The summed E-state index contributed by atoms with van der Waals surface area (Å²) < 4.78 is 26.8. The van der Waals surface area contributed by atoms with Gasteiger partial charge in [0.2, 0.25) is 10.0 Å². The van der Waals surface area contributed by atoms with Gasteiger partial charge in [0.15, 0.2) is 0 Å². The van der Waals surface area contributed by atoms with Crippen molar-refractivity contribution in [2.45, 2.75) is 31.3 Å². The van der Waals surface area contributed by atoms with Crippen molar-refractivity contribution >= 4 is 16.0 Å². The third-order valence-electron chi connectivity index (χ3n) is 3.98. The molecular formula is C17H17NO4S. The molecule has 0 aromatic heterocycles. The fourth-order valence-electron chi connectivity index (χ4n) is 2.73. The number of aryl methyl sites for hydroxylation is 1. The number of nitrogens with zero attached hydrogens (tertiary/aromatic N) is 1. The van der Waals surface area contributed by atoms with Crippen LogP contribution in [0.3, 0.4) is 0 Å². The first-order valence-corrected chi connectivity index (χ1v) is 8.69. The Morgan fingerprint density at radius 2 is 1.74 bits per heavy atom. The topological polar surface area (TPSA) is 74.7 Å². The summed E-state index contributed by atoms with van der Waals surface area (Å²) in [6.07, 6.45) is -0.0575. The third-order valence-corrected chi connectivity index (χ3v) is 5.78. The van der Waals surface area contributed by atoms with Crippen molar-refractivity contribution in [2.24, 2.45) is 0 Å². The van der Waals surface area contributed by atoms with Gasteiger partial charge >= 0.3 is 5.97 Å². The zero-order chi connectivity index (χ0) is 16.6. The van der Waals surface area contributed by atoms with E-state index in [4.69, 9.17) is 5.11 Å². The minimum Gasteiger partial charge on any atom is -0.481 e. The number of carbonyl (C=O) groups is 1. The Morgan fingerprint density at radius 1 is 1.09 bits per heavy atom. The molecule has 1 aliphatic rings. The lowest BCUT2D eigenvalue weighted by Crippen LogP contribution is -2.25. The molecule has 2 aromatic carbocycles. The number of hydrogen-bond acceptors (Lipinski definition) is 3. The molecule has 0 fully saturated rings. The lowest BCUT2D eigenvalue weighted by atomic mass is 10.0. The average Bonchev–Trinajstić information content (AvgIpc) is 2.91. The summed E-state index contributed by atoms with van der Waals surface area (Å²) in [5, 5.41) is 8.86. The fourth-order valence-corrected chi connectivity index (χ4v) is 4.13. The van der Waals surface area contributed by atoms with Gasteiger partial charge < -0.3 is 5.11 Å². The Kier molecular flexibility index (Phi) is 3.95. The van der Waals surface area contributed by atoms with Crippen molar-refractivity contribution in [1.29, 1.82) is 0 Å². The summed E-state index contributed by atoms with van der Waals surface area (Å²) in [6, 6.07) is 12.1. The molecule has 0 amide bonds. The number of carboxylic acid groups (broad SMARTS) is 1. The van der Waals surface area contributed by atoms with Crippen LogP contribution in [-0.2, 0) is 34.3 Å². The smallest absolute Gasteiger partial charge is 0.307 e. The molecule has 23 heavy (non-hydrogen) atoms. The van der Waals surface area contributed by atoms with E-state index >= 15 is 0 Å². The van der Waals surface area contributed by atoms with Gasteiger partial charge in [0.1, 0.15) is 0 Å². The van der Waals surface area contributed by atoms with Crippen molar-refractivity contribution < 1.29 is 18.3 Å². The maximum absolute atomic E-state index is 12.7. The summed E-state index contributed by atoms with van der Waals surface area (Å²) in [4.78, 5) is 11.1. The average molecular weight is 331 g/mol. The van der Waals surface area contributed by atoms with Gasteiger partial charge in [-0.3, -0.25) is 4.79 Å². The summed E-state index contributed by atoms with van der Waals surface area (Å²) in [5.74, 6) is -0.896. The minimum atomic E-state index is -3.54. The first-order chi connectivity index (χ1) is 10.9. The van der Waals surface area contributed by atoms with Crippen LogP contribution in [0.4, 0.5) is 0 Å². The number of carboxylic acids is 1. The maximum atomic E-state index is 12.7. The molecular weight excluding hydrogens is 314 g/mol. The molecule has 0 spiro atoms. The van der Waals surface area contributed by atoms with Crippen LogP contribution in [0.2, 0.25) is 0 Å². The molecule has 0 aliphatic carbocycles. The van der Waals surface area contributed by atoms with E-state index in [1.165, 1.54) is 4.31 Å². The first kappa shape index (κ1) is 15.7. The largest absolute Gasteiger partial charge is 0.481 e. The quantitative estimate of drug-likeness (QED) is 0.933. The monoisotopic (exact) mass is 331 g/mol. The highest BCUT2D eigenvalue weighted by Gasteiger charge is 2.30. The summed E-state index contributed by atoms with van der Waals surface area (Å²) in [5.41, 5.74) is 3.49. The van der Waals surface area contributed by atoms with Crippen molar-refractivity contribution in [2.75, 3.05) is 0 Å². The van der Waals surface area contributed by atoms with E-state index in [0.717, 1.165) is 16.7 Å². The summed E-state index contributed by atoms with van der Waals surface area (Å²) in [7, 11) is -3.54. The summed E-state index contributed by atoms with van der Waals surface area (Å²) in [6.45, 7) is 2.50. The van der Waals surface area contributed by atoms with Crippen LogP contribution in [-0.4, -0.2) is 23.8 Å². The van der Waals surface area contributed by atoms with E-state index in [9.17, 15) is 13.2 Å². The molecule has 120 valence electrons. The number of sulfonamides is 1. The predicted molar refractivity (Wildman–Crippen MR) is 85.4 cm³/mol. The van der Waals surface area contributed by atoms with Crippen molar-refractivity contribution in [1.82, 2.24) is 4.31 Å². The van der Waals surface area contributed by atoms with Gasteiger partial charge in [-0.2, -0.15) is 4.31 Å². The molecule has 0 saturated carbocycles. The van der Waals surface area contributed by atoms with Gasteiger partial charge in [-0.1, -0.05) is 35.9 Å². The second-order valence-corrected chi connectivity index (χ2v) is 7.70. The number of benzene rings is 2. The molecule has 5 nitrogen and oxygen atoms in total. The zero-order valence-electron chi connectivity index (χ0n) is 12.7. The third kappa shape index (κ3) is 3.13. The van der Waals surface area contributed by atoms with Crippen molar-refractivity contribution in [3.8, 4) is 0 Å². The molecule has 6 heteroatoms. The Morgan fingerprint density at radius 3 is 2.39 bits per heavy atom. The Bertz CT molecular complexity index is 857. The van der Waals surface area contributed by atoms with Gasteiger partial charge in [-0.25, -0.2) is 8.42 Å². The molecule has 0 atom stereocenters. The molecule has 0 unspecified atom stereocenters. The van der Waals surface area contributed by atoms with E-state index in [2.05, 4.69) is 0 Å². The van der Waals surface area contributed by atoms with E-state index < -0.39 is 16.0 Å². The number of hydrogen-bond donors (Lipinski definition) is 1. The van der Waals surface area contributed by atoms with Gasteiger partial charge in [-0.15, -0.1) is 0 Å². The Labute approximate surface area is 135 Å². The lowest BCUT2D eigenvalue weighted by Gasteiger charge is -2.15. The minimum absolute atomic E-state index is 0.0575. The van der Waals surface area contributed by atoms with E-state index in [1.807, 2.05) is 13.0 Å². The van der Waals surface area contributed by atoms with E-state index in [0.29, 0.717) is 12.1 Å². The first-order valence-electron chi connectivity index (χ1n) is 7.25. The Balaban J connectivity index is 1.86. The number of rotatable bonds is 4. The normalized spacial score (nSPS) is 14.7. The predicted octanol–water partition coefficient (Wildman–Crippen LogP) is 2.33. The van der Waals surface area contributed by atoms with Gasteiger partial charge in [-0.05, 0) is 35.7 Å². The summed E-state index contributed by atoms with van der Waals surface area (Å²) >= 11 is 0. The molecule has 0 saturated heterocycles. The highest BCUT2D eigenvalue weighted by Crippen LogP contribution is 2.29. The van der Waals surface area contributed by atoms with Gasteiger partial charge in [0.05, 0.1) is 11.3 Å². The molecule has 0 bridgehead atoms. The zero-order valence-corrected chi connectivity index (χ0v) is 13.5. The van der Waals surface area contributed by atoms with Crippen LogP contribution >= 0.6 is 0 Å². The Hall–Kier alpha value is -2.18. The molecule has 2 aromatic rings. The standard InChI is InChI=1S/C17H17NO4S/c1-12-2-6-16(7-3-12)23(21,22)18-10-14-5-4-13(9-17(19)20)8-15(14)11-18/h2-8H,9-11H2,1H3,(H,19,20). The second kappa shape index (κ2) is 5.79. The van der Waals surface area contributed by atoms with E-state index in [-0.39, 0.29) is 17.9 Å². The molecule has 1 N–H and O–H groups in total. The van der Waals surface area contributed by atoms with Crippen LogP contribution in [0.15, 0.2) is 47.4 Å². The SMILES string of the molecule is Cc1ccc(S(=O)(=O)N2Cc3ccc(CC(=O)O)cc3C2)cc1. The lowest BCUT2D eigenvalue weighted by molar-refractivity contribution is -0.136. The van der Waals surface area contributed by atoms with Crippen molar-refractivity contribution in [3.05, 3.63) is 64.7 Å². The molecule has 0 radical (unpaired) electrons. The van der Waals surface area contributed by atoms with Gasteiger partial charge in [0, 0.05) is 13.1 Å². The highest BCUT2D eigenvalue weighted by molar-refractivity contribution is 7.89. The molecule has 1 aliphatic heterocycles. The van der Waals surface area contributed by atoms with Crippen LogP contribution in [0.1, 0.15) is 22.3 Å². The molecule has 1 heterocycles. The fraction of sp³-hybridized carbons (Fsp3) is 0.235.